The molecule has 0 amide bonds. The topological polar surface area (TPSA) is 128 Å². The standard InChI is InChI=1S/C20H21ClN6.C2HF3O2/c21-16-3-1-2-4-17(16)26-20-11-18(25-14-7-5-13(23)6-8-14)15(12-22)19-9-10-24-27(19)20;3-2(4,5)1(6)7/h1-4,9-11,13-14,25-26H,5-8,23H2;(H,6,7)/t13-,14-;. The molecule has 0 unspecified atom stereocenters. The van der Waals surface area contributed by atoms with Crippen molar-refractivity contribution in [1.82, 2.24) is 9.61 Å². The van der Waals surface area contributed by atoms with E-state index < -0.39 is 12.1 Å². The summed E-state index contributed by atoms with van der Waals surface area (Å²) in [5.41, 5.74) is 8.95. The van der Waals surface area contributed by atoms with Crippen molar-refractivity contribution in [2.45, 2.75) is 43.9 Å². The summed E-state index contributed by atoms with van der Waals surface area (Å²) < 4.78 is 33.5. The fraction of sp³-hybridized carbons (Fsp3) is 0.318. The first-order valence-electron chi connectivity index (χ1n) is 10.3. The summed E-state index contributed by atoms with van der Waals surface area (Å²) in [6.07, 6.45) is 0.614. The minimum Gasteiger partial charge on any atom is -0.475 e. The lowest BCUT2D eigenvalue weighted by atomic mass is 9.91. The van der Waals surface area contributed by atoms with Gasteiger partial charge in [0, 0.05) is 18.2 Å². The highest BCUT2D eigenvalue weighted by Gasteiger charge is 2.38. The number of para-hydroxylation sites is 1. The number of hydrogen-bond acceptors (Lipinski definition) is 6. The number of hydrogen-bond donors (Lipinski definition) is 4. The van der Waals surface area contributed by atoms with Crippen LogP contribution in [0.1, 0.15) is 31.2 Å². The van der Waals surface area contributed by atoms with E-state index in [1.54, 1.807) is 10.7 Å². The Morgan fingerprint density at radius 2 is 1.85 bits per heavy atom. The zero-order valence-electron chi connectivity index (χ0n) is 17.8. The first-order chi connectivity index (χ1) is 16.1. The number of alkyl halides is 3. The number of aliphatic carboxylic acids is 1. The Morgan fingerprint density at radius 3 is 2.44 bits per heavy atom. The smallest absolute Gasteiger partial charge is 0.475 e. The van der Waals surface area contributed by atoms with Crippen LogP contribution in [-0.2, 0) is 4.79 Å². The fourth-order valence-electron chi connectivity index (χ4n) is 3.60. The molecule has 3 aromatic rings. The predicted molar refractivity (Wildman–Crippen MR) is 122 cm³/mol. The summed E-state index contributed by atoms with van der Waals surface area (Å²) in [5.74, 6) is -2.01. The molecule has 1 aromatic carbocycles. The third-order valence-electron chi connectivity index (χ3n) is 5.30. The van der Waals surface area contributed by atoms with Crippen LogP contribution in [0.5, 0.6) is 0 Å². The van der Waals surface area contributed by atoms with E-state index in [1.807, 2.05) is 36.4 Å². The zero-order valence-corrected chi connectivity index (χ0v) is 18.6. The maximum atomic E-state index is 10.6. The van der Waals surface area contributed by atoms with Gasteiger partial charge in [-0.05, 0) is 43.9 Å². The quantitative estimate of drug-likeness (QED) is 0.405. The summed E-state index contributed by atoms with van der Waals surface area (Å²) in [5, 5.41) is 28.7. The van der Waals surface area contributed by atoms with Gasteiger partial charge < -0.3 is 21.5 Å². The van der Waals surface area contributed by atoms with Crippen molar-refractivity contribution in [3.63, 3.8) is 0 Å². The number of nitrogens with two attached hydrogens (primary N) is 1. The van der Waals surface area contributed by atoms with E-state index >= 15 is 0 Å². The van der Waals surface area contributed by atoms with Crippen LogP contribution in [-0.4, -0.2) is 38.9 Å². The van der Waals surface area contributed by atoms with Gasteiger partial charge in [0.2, 0.25) is 0 Å². The molecule has 4 rings (SSSR count). The minimum atomic E-state index is -5.08. The average Bonchev–Trinajstić information content (AvgIpc) is 3.27. The van der Waals surface area contributed by atoms with Crippen molar-refractivity contribution in [2.75, 3.05) is 10.6 Å². The number of rotatable bonds is 4. The normalized spacial score (nSPS) is 17.9. The van der Waals surface area contributed by atoms with Crippen molar-refractivity contribution in [2.24, 2.45) is 5.73 Å². The molecular formula is C22H22ClF3N6O2. The third kappa shape index (κ3) is 6.09. The molecule has 12 heteroatoms. The van der Waals surface area contributed by atoms with Crippen LogP contribution >= 0.6 is 11.6 Å². The molecule has 180 valence electrons. The molecule has 0 radical (unpaired) electrons. The molecule has 2 heterocycles. The molecular weight excluding hydrogens is 473 g/mol. The van der Waals surface area contributed by atoms with Gasteiger partial charge in [-0.2, -0.15) is 23.5 Å². The fourth-order valence-corrected chi connectivity index (χ4v) is 3.78. The number of carboxylic acids is 1. The number of fused-ring (bicyclic) bond motifs is 1. The van der Waals surface area contributed by atoms with Crippen LogP contribution in [0.3, 0.4) is 0 Å². The minimum absolute atomic E-state index is 0.285. The molecule has 2 aromatic heterocycles. The molecule has 0 aliphatic heterocycles. The summed E-state index contributed by atoms with van der Waals surface area (Å²) in [7, 11) is 0. The van der Waals surface area contributed by atoms with Gasteiger partial charge in [-0.3, -0.25) is 0 Å². The molecule has 1 saturated carbocycles. The van der Waals surface area contributed by atoms with Gasteiger partial charge in [0.25, 0.3) is 0 Å². The Morgan fingerprint density at radius 1 is 1.21 bits per heavy atom. The highest BCUT2D eigenvalue weighted by Crippen LogP contribution is 2.31. The van der Waals surface area contributed by atoms with E-state index in [-0.39, 0.29) is 6.04 Å². The lowest BCUT2D eigenvalue weighted by molar-refractivity contribution is -0.192. The van der Waals surface area contributed by atoms with Crippen molar-refractivity contribution >= 4 is 40.3 Å². The van der Waals surface area contributed by atoms with E-state index in [1.165, 1.54) is 0 Å². The van der Waals surface area contributed by atoms with E-state index in [9.17, 15) is 18.4 Å². The van der Waals surface area contributed by atoms with Gasteiger partial charge in [0.1, 0.15) is 17.5 Å². The Bertz CT molecular complexity index is 1200. The Kier molecular flexibility index (Phi) is 7.86. The first-order valence-corrected chi connectivity index (χ1v) is 10.7. The lowest BCUT2D eigenvalue weighted by Crippen LogP contribution is -2.33. The number of anilines is 3. The molecule has 0 bridgehead atoms. The van der Waals surface area contributed by atoms with Crippen LogP contribution in [0.25, 0.3) is 5.52 Å². The van der Waals surface area contributed by atoms with Gasteiger partial charge in [-0.15, -0.1) is 0 Å². The molecule has 34 heavy (non-hydrogen) atoms. The van der Waals surface area contributed by atoms with E-state index in [0.29, 0.717) is 16.6 Å². The van der Waals surface area contributed by atoms with E-state index in [0.717, 1.165) is 48.4 Å². The highest BCUT2D eigenvalue weighted by atomic mass is 35.5. The zero-order chi connectivity index (χ0) is 24.9. The average molecular weight is 495 g/mol. The van der Waals surface area contributed by atoms with Gasteiger partial charge >= 0.3 is 12.1 Å². The van der Waals surface area contributed by atoms with Crippen molar-refractivity contribution in [3.8, 4) is 6.07 Å². The number of pyridine rings is 1. The van der Waals surface area contributed by atoms with Crippen LogP contribution < -0.4 is 16.4 Å². The van der Waals surface area contributed by atoms with Gasteiger partial charge in [-0.1, -0.05) is 23.7 Å². The van der Waals surface area contributed by atoms with Crippen LogP contribution in [0, 0.1) is 11.3 Å². The number of halogens is 4. The van der Waals surface area contributed by atoms with Crippen LogP contribution in [0.4, 0.5) is 30.4 Å². The van der Waals surface area contributed by atoms with Gasteiger partial charge in [0.05, 0.1) is 28.1 Å². The number of benzene rings is 1. The summed E-state index contributed by atoms with van der Waals surface area (Å²) in [6, 6.07) is 14.2. The second-order valence-corrected chi connectivity index (χ2v) is 8.13. The van der Waals surface area contributed by atoms with Crippen molar-refractivity contribution in [1.29, 1.82) is 5.26 Å². The number of nitriles is 1. The number of carbonyl (C=O) groups is 1. The molecule has 1 fully saturated rings. The Labute approximate surface area is 198 Å². The second kappa shape index (κ2) is 10.6. The largest absolute Gasteiger partial charge is 0.490 e. The van der Waals surface area contributed by atoms with E-state index in [4.69, 9.17) is 27.2 Å². The number of nitrogens with zero attached hydrogens (tertiary/aromatic N) is 3. The number of carboxylic acid groups (broad SMARTS) is 1. The summed E-state index contributed by atoms with van der Waals surface area (Å²) in [4.78, 5) is 8.90. The number of nitrogens with one attached hydrogen (secondary N) is 2. The SMILES string of the molecule is N#Cc1c(N[C@H]2CC[C@H](N)CC2)cc(Nc2ccccc2Cl)n2nccc12.O=C(O)C(F)(F)F. The second-order valence-electron chi connectivity index (χ2n) is 7.72. The van der Waals surface area contributed by atoms with E-state index in [2.05, 4.69) is 21.8 Å². The molecule has 1 aliphatic carbocycles. The monoisotopic (exact) mass is 494 g/mol. The molecule has 8 nitrogen and oxygen atoms in total. The molecule has 0 atom stereocenters. The van der Waals surface area contributed by atoms with Gasteiger partial charge in [-0.25, -0.2) is 9.31 Å². The summed E-state index contributed by atoms with van der Waals surface area (Å²) in [6.45, 7) is 0. The van der Waals surface area contributed by atoms with Crippen LogP contribution in [0.15, 0.2) is 42.6 Å². The molecule has 0 spiro atoms. The Balaban J connectivity index is 0.000000406. The third-order valence-corrected chi connectivity index (χ3v) is 5.63. The molecule has 0 saturated heterocycles. The maximum Gasteiger partial charge on any atom is 0.490 e. The lowest BCUT2D eigenvalue weighted by Gasteiger charge is -2.28. The molecule has 1 aliphatic rings. The maximum absolute atomic E-state index is 10.6. The first kappa shape index (κ1) is 25.1. The van der Waals surface area contributed by atoms with Gasteiger partial charge in [0.15, 0.2) is 0 Å². The summed E-state index contributed by atoms with van der Waals surface area (Å²) >= 11 is 6.29. The van der Waals surface area contributed by atoms with Crippen molar-refractivity contribution < 1.29 is 23.1 Å². The predicted octanol–water partition coefficient (Wildman–Crippen LogP) is 4.92. The van der Waals surface area contributed by atoms with Crippen molar-refractivity contribution in [3.05, 3.63) is 53.2 Å². The number of aromatic nitrogens is 2. The Hall–Kier alpha value is -3.49. The highest BCUT2D eigenvalue weighted by molar-refractivity contribution is 6.33. The van der Waals surface area contributed by atoms with Crippen LogP contribution in [0.2, 0.25) is 5.02 Å². The molecule has 5 N–H and O–H groups in total.